The third kappa shape index (κ3) is 0.932. The van der Waals surface area contributed by atoms with E-state index in [2.05, 4.69) is 15.3 Å². The molecule has 0 unspecified atom stereocenters. The van der Waals surface area contributed by atoms with Crippen LogP contribution in [0.25, 0.3) is 5.65 Å². The fraction of sp³-hybridized carbons (Fsp3) is 0.200. The lowest BCUT2D eigenvalue weighted by Crippen LogP contribution is -2.24. The summed E-state index contributed by atoms with van der Waals surface area (Å²) in [6, 6.07) is 0. The summed E-state index contributed by atoms with van der Waals surface area (Å²) in [6.07, 6.45) is 3.26. The molecule has 2 aromatic heterocycles. The van der Waals surface area contributed by atoms with Crippen LogP contribution in [0.2, 0.25) is 5.15 Å². The van der Waals surface area contributed by atoms with Gasteiger partial charge in [-0.2, -0.15) is 0 Å². The zero-order valence-electron chi connectivity index (χ0n) is 5.77. The summed E-state index contributed by atoms with van der Waals surface area (Å²) >= 11 is 5.72. The number of nitrogens with zero attached hydrogens (tertiary/aromatic N) is 5. The van der Waals surface area contributed by atoms with Crippen LogP contribution in [0, 0.1) is 0 Å². The zero-order valence-corrected chi connectivity index (χ0v) is 6.52. The first-order chi connectivity index (χ1) is 5.27. The number of aromatic nitrogens is 5. The summed E-state index contributed by atoms with van der Waals surface area (Å²) in [4.78, 5) is 5.28. The van der Waals surface area contributed by atoms with Gasteiger partial charge in [0.05, 0.1) is 16.5 Å². The number of tetrazole rings is 1. The first-order valence-corrected chi connectivity index (χ1v) is 3.38. The Morgan fingerprint density at radius 3 is 3.18 bits per heavy atom. The van der Waals surface area contributed by atoms with Crippen LogP contribution in [0.5, 0.6) is 0 Å². The van der Waals surface area contributed by atoms with Crippen LogP contribution in [0.3, 0.4) is 0 Å². The summed E-state index contributed by atoms with van der Waals surface area (Å²) in [7, 11) is 1.73. The number of fused-ring (bicyclic) bond motifs is 1. The molecule has 0 aliphatic rings. The maximum atomic E-state index is 5.72. The molecule has 2 rings (SSSR count). The Kier molecular flexibility index (Phi) is 1.25. The van der Waals surface area contributed by atoms with E-state index in [1.165, 1.54) is 4.80 Å². The van der Waals surface area contributed by atoms with Gasteiger partial charge >= 0.3 is 5.65 Å². The van der Waals surface area contributed by atoms with Crippen molar-refractivity contribution in [1.29, 1.82) is 0 Å². The molecule has 0 bridgehead atoms. The van der Waals surface area contributed by atoms with Crippen LogP contribution in [0.1, 0.15) is 0 Å². The van der Waals surface area contributed by atoms with E-state index in [1.54, 1.807) is 24.0 Å². The predicted octanol–water partition coefficient (Wildman–Crippen LogP) is -0.398. The molecule has 0 amide bonds. The quantitative estimate of drug-likeness (QED) is 0.506. The maximum absolute atomic E-state index is 5.72. The lowest BCUT2D eigenvalue weighted by molar-refractivity contribution is -0.585. The Bertz CT molecular complexity index is 395. The lowest BCUT2D eigenvalue weighted by atomic mass is 10.7. The summed E-state index contributed by atoms with van der Waals surface area (Å²) in [6.45, 7) is 0. The van der Waals surface area contributed by atoms with Gasteiger partial charge in [-0.3, -0.25) is 0 Å². The van der Waals surface area contributed by atoms with Crippen molar-refractivity contribution in [3.63, 3.8) is 0 Å². The van der Waals surface area contributed by atoms with Crippen molar-refractivity contribution in [2.45, 2.75) is 0 Å². The zero-order chi connectivity index (χ0) is 7.84. The molecule has 0 saturated carbocycles. The second-order valence-electron chi connectivity index (χ2n) is 2.07. The predicted molar refractivity (Wildman–Crippen MR) is 37.0 cm³/mol. The van der Waals surface area contributed by atoms with Gasteiger partial charge in [-0.25, -0.2) is 4.98 Å². The van der Waals surface area contributed by atoms with Gasteiger partial charge in [0.1, 0.15) is 13.2 Å². The molecule has 2 aromatic rings. The summed E-state index contributed by atoms with van der Waals surface area (Å²) in [5.74, 6) is 0. The summed E-state index contributed by atoms with van der Waals surface area (Å²) in [5, 5.41) is 8.32. The average molecular weight is 171 g/mol. The number of rotatable bonds is 0. The SMILES string of the molecule is Cn1nc2c(Cl)ncc[n+]2n1. The van der Waals surface area contributed by atoms with Crippen LogP contribution in [-0.2, 0) is 7.05 Å². The molecule has 0 aromatic carbocycles. The van der Waals surface area contributed by atoms with Crippen LogP contribution >= 0.6 is 11.6 Å². The van der Waals surface area contributed by atoms with Gasteiger partial charge < -0.3 is 0 Å². The molecule has 11 heavy (non-hydrogen) atoms. The van der Waals surface area contributed by atoms with Crippen LogP contribution < -0.4 is 4.52 Å². The van der Waals surface area contributed by atoms with Crippen molar-refractivity contribution >= 4 is 17.2 Å². The van der Waals surface area contributed by atoms with Crippen LogP contribution in [0.15, 0.2) is 12.4 Å². The van der Waals surface area contributed by atoms with Gasteiger partial charge in [0.25, 0.3) is 0 Å². The molecule has 5 nitrogen and oxygen atoms in total. The van der Waals surface area contributed by atoms with E-state index in [9.17, 15) is 0 Å². The highest BCUT2D eigenvalue weighted by Gasteiger charge is 2.12. The van der Waals surface area contributed by atoms with E-state index in [-0.39, 0.29) is 0 Å². The summed E-state index contributed by atoms with van der Waals surface area (Å²) in [5.41, 5.74) is 0.566. The van der Waals surface area contributed by atoms with Crippen molar-refractivity contribution in [2.24, 2.45) is 7.05 Å². The molecule has 6 heteroatoms. The molecular weight excluding hydrogens is 166 g/mol. The standard InChI is InChI=1S/C5H5ClN5/c1-10-8-5-4(6)7-2-3-11(5)9-10/h2-3H,1H3/q+1. The minimum atomic E-state index is 0.362. The van der Waals surface area contributed by atoms with Crippen molar-refractivity contribution in [2.75, 3.05) is 0 Å². The molecule has 0 N–H and O–H groups in total. The molecule has 0 atom stereocenters. The van der Waals surface area contributed by atoms with Gasteiger partial charge in [0.15, 0.2) is 0 Å². The highest BCUT2D eigenvalue weighted by molar-refractivity contribution is 6.31. The van der Waals surface area contributed by atoms with Gasteiger partial charge in [-0.15, -0.1) is 4.52 Å². The molecule has 0 fully saturated rings. The number of aryl methyl sites for hydroxylation is 1. The Balaban J connectivity index is 2.90. The van der Waals surface area contributed by atoms with Crippen molar-refractivity contribution in [1.82, 2.24) is 20.1 Å². The Hall–Kier alpha value is -1.23. The van der Waals surface area contributed by atoms with E-state index in [0.29, 0.717) is 10.8 Å². The van der Waals surface area contributed by atoms with Gasteiger partial charge in [0, 0.05) is 0 Å². The smallest absolute Gasteiger partial charge is 0.235 e. The molecule has 0 spiro atoms. The average Bonchev–Trinajstić information content (AvgIpc) is 2.31. The number of hydrogen-bond donors (Lipinski definition) is 0. The van der Waals surface area contributed by atoms with Crippen LogP contribution in [-0.4, -0.2) is 20.1 Å². The van der Waals surface area contributed by atoms with Crippen molar-refractivity contribution < 1.29 is 4.52 Å². The van der Waals surface area contributed by atoms with Gasteiger partial charge in [-0.05, 0) is 4.80 Å². The van der Waals surface area contributed by atoms with Crippen molar-refractivity contribution in [3.05, 3.63) is 17.5 Å². The van der Waals surface area contributed by atoms with E-state index in [1.807, 2.05) is 0 Å². The summed E-state index contributed by atoms with van der Waals surface area (Å²) < 4.78 is 1.56. The first kappa shape index (κ1) is 6.48. The maximum Gasteiger partial charge on any atom is 0.364 e. The molecule has 0 aliphatic heterocycles. The molecule has 0 radical (unpaired) electrons. The van der Waals surface area contributed by atoms with E-state index in [0.717, 1.165) is 0 Å². The lowest BCUT2D eigenvalue weighted by Gasteiger charge is -1.80. The topological polar surface area (TPSA) is 47.7 Å². The first-order valence-electron chi connectivity index (χ1n) is 3.01. The van der Waals surface area contributed by atoms with E-state index < -0.39 is 0 Å². The highest BCUT2D eigenvalue weighted by atomic mass is 35.5. The Labute approximate surface area is 67.2 Å². The fourth-order valence-corrected chi connectivity index (χ4v) is 1.02. The third-order valence-corrected chi connectivity index (χ3v) is 1.53. The van der Waals surface area contributed by atoms with Crippen molar-refractivity contribution in [3.8, 4) is 0 Å². The molecule has 56 valence electrons. The van der Waals surface area contributed by atoms with Gasteiger partial charge in [-0.1, -0.05) is 11.6 Å². The highest BCUT2D eigenvalue weighted by Crippen LogP contribution is 2.03. The molecule has 0 aliphatic carbocycles. The van der Waals surface area contributed by atoms with E-state index >= 15 is 0 Å². The minimum absolute atomic E-state index is 0.362. The molecule has 0 saturated heterocycles. The second kappa shape index (κ2) is 2.13. The molecule has 2 heterocycles. The Morgan fingerprint density at radius 1 is 1.64 bits per heavy atom. The molecular formula is C5H5ClN5+. The minimum Gasteiger partial charge on any atom is -0.235 e. The number of hydrogen-bond acceptors (Lipinski definition) is 3. The third-order valence-electron chi connectivity index (χ3n) is 1.26. The van der Waals surface area contributed by atoms with Gasteiger partial charge in [0.2, 0.25) is 5.15 Å². The fourth-order valence-electron chi connectivity index (χ4n) is 0.841. The number of halogens is 1. The second-order valence-corrected chi connectivity index (χ2v) is 2.42. The largest absolute Gasteiger partial charge is 0.364 e. The van der Waals surface area contributed by atoms with E-state index in [4.69, 9.17) is 11.6 Å². The van der Waals surface area contributed by atoms with Crippen LogP contribution in [0.4, 0.5) is 0 Å². The normalized spacial score (nSPS) is 10.7. The monoisotopic (exact) mass is 170 g/mol. The Morgan fingerprint density at radius 2 is 2.45 bits per heavy atom.